The fraction of sp³-hybridized carbons (Fsp3) is 0.320. The lowest BCUT2D eigenvalue weighted by molar-refractivity contribution is -0.143. The summed E-state index contributed by atoms with van der Waals surface area (Å²) >= 11 is 6.29. The van der Waals surface area contributed by atoms with E-state index in [1.165, 1.54) is 13.2 Å². The van der Waals surface area contributed by atoms with Crippen LogP contribution in [-0.4, -0.2) is 60.0 Å². The molecule has 0 spiro atoms. The lowest BCUT2D eigenvalue weighted by Crippen LogP contribution is -2.28. The first-order valence-electron chi connectivity index (χ1n) is 11.1. The molecule has 1 heterocycles. The maximum absolute atomic E-state index is 13.4. The summed E-state index contributed by atoms with van der Waals surface area (Å²) in [5, 5.41) is 0.279. The van der Waals surface area contributed by atoms with Gasteiger partial charge in [0.1, 0.15) is 12.3 Å². The van der Waals surface area contributed by atoms with Crippen molar-refractivity contribution in [1.82, 2.24) is 19.8 Å². The molecular weight excluding hydrogens is 538 g/mol. The largest absolute Gasteiger partial charge is 0.462 e. The third-order valence-electron chi connectivity index (χ3n) is 5.32. The SMILES string of the molecule is CN(C)CCOc1ncc(-c2ccccc2Cl)c(C(=O)N(C)Cc2cc(C(F)(F)F)cc(C(F)(F)F)c2)n1. The van der Waals surface area contributed by atoms with Gasteiger partial charge in [0, 0.05) is 42.5 Å². The number of alkyl halides is 6. The van der Waals surface area contributed by atoms with Crippen LogP contribution in [0.2, 0.25) is 5.02 Å². The number of amides is 1. The molecule has 0 fully saturated rings. The highest BCUT2D eigenvalue weighted by Gasteiger charge is 2.37. The van der Waals surface area contributed by atoms with E-state index in [-0.39, 0.29) is 40.5 Å². The lowest BCUT2D eigenvalue weighted by Gasteiger charge is -2.21. The third kappa shape index (κ3) is 7.35. The summed E-state index contributed by atoms with van der Waals surface area (Å²) in [6, 6.07) is 7.59. The minimum absolute atomic E-state index is 0.0304. The standard InChI is InChI=1S/C25H23ClF6N4O2/c1-35(2)8-9-38-23-33-13-19(18-6-4-5-7-20(18)26)21(34-23)22(37)36(3)14-15-10-16(24(27,28)29)12-17(11-15)25(30,31)32/h4-7,10-13H,8-9,14H2,1-3H3. The zero-order valence-corrected chi connectivity index (χ0v) is 21.2. The van der Waals surface area contributed by atoms with Crippen molar-refractivity contribution < 1.29 is 35.9 Å². The van der Waals surface area contributed by atoms with Crippen LogP contribution in [0.1, 0.15) is 27.2 Å². The van der Waals surface area contributed by atoms with E-state index in [1.54, 1.807) is 24.3 Å². The zero-order valence-electron chi connectivity index (χ0n) is 20.5. The van der Waals surface area contributed by atoms with Gasteiger partial charge in [-0.15, -0.1) is 0 Å². The Labute approximate surface area is 219 Å². The van der Waals surface area contributed by atoms with Gasteiger partial charge in [-0.3, -0.25) is 4.79 Å². The molecule has 38 heavy (non-hydrogen) atoms. The molecule has 204 valence electrons. The van der Waals surface area contributed by atoms with Gasteiger partial charge in [-0.05, 0) is 43.9 Å². The van der Waals surface area contributed by atoms with E-state index < -0.39 is 35.9 Å². The molecule has 0 saturated heterocycles. The van der Waals surface area contributed by atoms with Crippen molar-refractivity contribution in [2.45, 2.75) is 18.9 Å². The Morgan fingerprint density at radius 1 is 0.947 bits per heavy atom. The first kappa shape index (κ1) is 29.2. The van der Waals surface area contributed by atoms with Crippen molar-refractivity contribution >= 4 is 17.5 Å². The monoisotopic (exact) mass is 560 g/mol. The van der Waals surface area contributed by atoms with Gasteiger partial charge in [0.2, 0.25) is 0 Å². The van der Waals surface area contributed by atoms with Gasteiger partial charge < -0.3 is 14.5 Å². The maximum atomic E-state index is 13.4. The minimum atomic E-state index is -5.01. The second-order valence-corrected chi connectivity index (χ2v) is 9.03. The summed E-state index contributed by atoms with van der Waals surface area (Å²) in [6.07, 6.45) is -8.70. The number of aromatic nitrogens is 2. The number of carbonyl (C=O) groups excluding carboxylic acids is 1. The summed E-state index contributed by atoms with van der Waals surface area (Å²) in [5.41, 5.74) is -2.87. The van der Waals surface area contributed by atoms with E-state index >= 15 is 0 Å². The molecule has 0 atom stereocenters. The first-order chi connectivity index (χ1) is 17.7. The third-order valence-corrected chi connectivity index (χ3v) is 5.65. The van der Waals surface area contributed by atoms with E-state index in [1.807, 2.05) is 19.0 Å². The van der Waals surface area contributed by atoms with Crippen LogP contribution in [0.4, 0.5) is 26.3 Å². The van der Waals surface area contributed by atoms with Gasteiger partial charge in [-0.2, -0.15) is 31.3 Å². The van der Waals surface area contributed by atoms with Gasteiger partial charge in [0.25, 0.3) is 5.91 Å². The molecule has 0 N–H and O–H groups in total. The molecule has 0 radical (unpaired) electrons. The van der Waals surface area contributed by atoms with Crippen molar-refractivity contribution in [3.8, 4) is 17.1 Å². The zero-order chi connectivity index (χ0) is 28.3. The molecule has 3 rings (SSSR count). The van der Waals surface area contributed by atoms with Gasteiger partial charge in [-0.1, -0.05) is 29.8 Å². The first-order valence-corrected chi connectivity index (χ1v) is 11.5. The quantitative estimate of drug-likeness (QED) is 0.314. The highest BCUT2D eigenvalue weighted by Crippen LogP contribution is 2.37. The number of hydrogen-bond donors (Lipinski definition) is 0. The highest BCUT2D eigenvalue weighted by atomic mass is 35.5. The van der Waals surface area contributed by atoms with Crippen LogP contribution >= 0.6 is 11.6 Å². The fourth-order valence-electron chi connectivity index (χ4n) is 3.43. The summed E-state index contributed by atoms with van der Waals surface area (Å²) < 4.78 is 85.2. The summed E-state index contributed by atoms with van der Waals surface area (Å²) in [4.78, 5) is 24.6. The summed E-state index contributed by atoms with van der Waals surface area (Å²) in [7, 11) is 4.89. The number of rotatable bonds is 8. The normalized spacial score (nSPS) is 12.1. The molecule has 0 aliphatic carbocycles. The molecular formula is C25H23ClF6N4O2. The number of ether oxygens (including phenoxy) is 1. The van der Waals surface area contributed by atoms with E-state index in [0.29, 0.717) is 24.2 Å². The highest BCUT2D eigenvalue weighted by molar-refractivity contribution is 6.33. The molecule has 0 bridgehead atoms. The number of benzene rings is 2. The Kier molecular flexibility index (Phi) is 8.88. The Bertz CT molecular complexity index is 1270. The number of hydrogen-bond acceptors (Lipinski definition) is 5. The molecule has 1 amide bonds. The Morgan fingerprint density at radius 2 is 1.55 bits per heavy atom. The fourth-order valence-corrected chi connectivity index (χ4v) is 3.67. The summed E-state index contributed by atoms with van der Waals surface area (Å²) in [6.45, 7) is 0.164. The molecule has 1 aromatic heterocycles. The molecule has 2 aromatic carbocycles. The predicted octanol–water partition coefficient (Wildman–Crippen LogP) is 6.05. The van der Waals surface area contributed by atoms with Crippen LogP contribution < -0.4 is 4.74 Å². The van der Waals surface area contributed by atoms with Gasteiger partial charge in [0.15, 0.2) is 0 Å². The van der Waals surface area contributed by atoms with Crippen LogP contribution in [-0.2, 0) is 18.9 Å². The second kappa shape index (κ2) is 11.6. The Morgan fingerprint density at radius 3 is 2.11 bits per heavy atom. The average molecular weight is 561 g/mol. The van der Waals surface area contributed by atoms with Crippen molar-refractivity contribution in [2.24, 2.45) is 0 Å². The smallest absolute Gasteiger partial charge is 0.416 e. The minimum Gasteiger partial charge on any atom is -0.462 e. The maximum Gasteiger partial charge on any atom is 0.416 e. The number of nitrogens with zero attached hydrogens (tertiary/aromatic N) is 4. The molecule has 0 aliphatic heterocycles. The summed E-state index contributed by atoms with van der Waals surface area (Å²) in [5.74, 6) is -0.786. The van der Waals surface area contributed by atoms with E-state index in [2.05, 4.69) is 9.97 Å². The van der Waals surface area contributed by atoms with Gasteiger partial charge in [-0.25, -0.2) is 4.98 Å². The van der Waals surface area contributed by atoms with Crippen LogP contribution in [0.5, 0.6) is 6.01 Å². The molecule has 3 aromatic rings. The topological polar surface area (TPSA) is 58.6 Å². The van der Waals surface area contributed by atoms with Crippen LogP contribution in [0.3, 0.4) is 0 Å². The Balaban J connectivity index is 2.00. The second-order valence-electron chi connectivity index (χ2n) is 8.62. The van der Waals surface area contributed by atoms with E-state index in [9.17, 15) is 31.1 Å². The van der Waals surface area contributed by atoms with Crippen molar-refractivity contribution in [1.29, 1.82) is 0 Å². The van der Waals surface area contributed by atoms with Crippen LogP contribution in [0.15, 0.2) is 48.7 Å². The number of carbonyl (C=O) groups is 1. The van der Waals surface area contributed by atoms with E-state index in [4.69, 9.17) is 16.3 Å². The number of likely N-dealkylation sites (N-methyl/N-ethyl adjacent to an activating group) is 1. The predicted molar refractivity (Wildman–Crippen MR) is 129 cm³/mol. The van der Waals surface area contributed by atoms with Crippen molar-refractivity contribution in [3.05, 3.63) is 76.1 Å². The van der Waals surface area contributed by atoms with Crippen molar-refractivity contribution in [2.75, 3.05) is 34.3 Å². The molecule has 0 unspecified atom stereocenters. The van der Waals surface area contributed by atoms with Crippen molar-refractivity contribution in [3.63, 3.8) is 0 Å². The van der Waals surface area contributed by atoms with Gasteiger partial charge in [0.05, 0.1) is 11.1 Å². The lowest BCUT2D eigenvalue weighted by atomic mass is 10.0. The van der Waals surface area contributed by atoms with E-state index in [0.717, 1.165) is 4.90 Å². The average Bonchev–Trinajstić information content (AvgIpc) is 2.82. The van der Waals surface area contributed by atoms with Gasteiger partial charge >= 0.3 is 18.4 Å². The number of halogens is 7. The molecule has 13 heteroatoms. The molecule has 0 aliphatic rings. The van der Waals surface area contributed by atoms with Crippen LogP contribution in [0, 0.1) is 0 Å². The molecule has 6 nitrogen and oxygen atoms in total. The van der Waals surface area contributed by atoms with Crippen LogP contribution in [0.25, 0.3) is 11.1 Å². The molecule has 0 saturated carbocycles. The Hall–Kier alpha value is -3.38.